The molecule has 126 valence electrons. The lowest BCUT2D eigenvalue weighted by Crippen LogP contribution is -2.41. The van der Waals surface area contributed by atoms with Crippen molar-refractivity contribution in [1.29, 1.82) is 0 Å². The molecule has 0 aromatic heterocycles. The van der Waals surface area contributed by atoms with E-state index in [1.807, 2.05) is 30.3 Å². The average Bonchev–Trinajstić information content (AvgIpc) is 2.52. The van der Waals surface area contributed by atoms with Gasteiger partial charge in [-0.3, -0.25) is 4.79 Å². The summed E-state index contributed by atoms with van der Waals surface area (Å²) in [6.45, 7) is 1.99. The van der Waals surface area contributed by atoms with Crippen LogP contribution in [0, 0.1) is 0 Å². The molecule has 1 aromatic carbocycles. The molecule has 1 aromatic rings. The van der Waals surface area contributed by atoms with E-state index in [1.54, 1.807) is 0 Å². The lowest BCUT2D eigenvalue weighted by atomic mass is 10.1. The van der Waals surface area contributed by atoms with E-state index in [0.29, 0.717) is 19.4 Å². The van der Waals surface area contributed by atoms with Crippen molar-refractivity contribution in [3.8, 4) is 0 Å². The zero-order valence-electron chi connectivity index (χ0n) is 13.1. The van der Waals surface area contributed by atoms with Crippen LogP contribution >= 0.6 is 0 Å². The van der Waals surface area contributed by atoms with Gasteiger partial charge in [0, 0.05) is 13.5 Å². The van der Waals surface area contributed by atoms with Gasteiger partial charge in [0.2, 0.25) is 5.91 Å². The molecular weight excluding hydrogens is 300 g/mol. The molecule has 3 N–H and O–H groups in total. The number of carbonyl (C=O) groups excluding carboxylic acids is 2. The van der Waals surface area contributed by atoms with E-state index >= 15 is 0 Å². The van der Waals surface area contributed by atoms with Gasteiger partial charge >= 0.3 is 12.1 Å². The number of unbranched alkanes of at least 4 members (excludes halogenated alkanes) is 1. The van der Waals surface area contributed by atoms with Gasteiger partial charge in [-0.1, -0.05) is 30.3 Å². The monoisotopic (exact) mass is 322 g/mol. The van der Waals surface area contributed by atoms with Crippen molar-refractivity contribution in [1.82, 2.24) is 10.6 Å². The zero-order chi connectivity index (χ0) is 17.1. The normalized spacial score (nSPS) is 11.3. The number of nitrogens with one attached hydrogen (secondary N) is 2. The van der Waals surface area contributed by atoms with Gasteiger partial charge in [-0.2, -0.15) is 0 Å². The van der Waals surface area contributed by atoms with Crippen LogP contribution in [0.4, 0.5) is 4.79 Å². The highest BCUT2D eigenvalue weighted by atomic mass is 16.5. The summed E-state index contributed by atoms with van der Waals surface area (Å²) in [6, 6.07) is 8.12. The van der Waals surface area contributed by atoms with Crippen LogP contribution in [0.3, 0.4) is 0 Å². The van der Waals surface area contributed by atoms with Crippen molar-refractivity contribution in [2.45, 2.75) is 38.8 Å². The molecule has 0 bridgehead atoms. The van der Waals surface area contributed by atoms with Gasteiger partial charge in [-0.05, 0) is 24.8 Å². The number of amides is 2. The van der Waals surface area contributed by atoms with Crippen molar-refractivity contribution in [3.05, 3.63) is 35.9 Å². The second-order valence-electron chi connectivity index (χ2n) is 5.08. The smallest absolute Gasteiger partial charge is 0.408 e. The van der Waals surface area contributed by atoms with Crippen LogP contribution in [0.25, 0.3) is 0 Å². The maximum atomic E-state index is 11.7. The number of rotatable bonds is 9. The summed E-state index contributed by atoms with van der Waals surface area (Å²) in [6.07, 6.45) is 0.721. The third kappa shape index (κ3) is 8.45. The molecule has 0 spiro atoms. The van der Waals surface area contributed by atoms with Crippen molar-refractivity contribution in [2.24, 2.45) is 0 Å². The highest BCUT2D eigenvalue weighted by Gasteiger charge is 2.20. The van der Waals surface area contributed by atoms with Crippen LogP contribution in [0.2, 0.25) is 0 Å². The van der Waals surface area contributed by atoms with E-state index in [9.17, 15) is 14.4 Å². The van der Waals surface area contributed by atoms with Gasteiger partial charge in [-0.15, -0.1) is 0 Å². The van der Waals surface area contributed by atoms with Crippen LogP contribution in [0.5, 0.6) is 0 Å². The fourth-order valence-corrected chi connectivity index (χ4v) is 1.90. The molecule has 2 amide bonds. The second-order valence-corrected chi connectivity index (χ2v) is 5.08. The minimum Gasteiger partial charge on any atom is -0.480 e. The highest BCUT2D eigenvalue weighted by molar-refractivity contribution is 5.79. The van der Waals surface area contributed by atoms with Gasteiger partial charge in [0.1, 0.15) is 12.6 Å². The first-order valence-corrected chi connectivity index (χ1v) is 7.43. The molecule has 7 heteroatoms. The SMILES string of the molecule is CC(=O)NCCCC[C@@H](NC(=O)OCc1ccccc1)C(=O)O. The van der Waals surface area contributed by atoms with Crippen LogP contribution in [0.1, 0.15) is 31.7 Å². The Bertz CT molecular complexity index is 518. The summed E-state index contributed by atoms with van der Waals surface area (Å²) in [5.74, 6) is -1.23. The number of aliphatic carboxylic acids is 1. The van der Waals surface area contributed by atoms with Gasteiger partial charge in [0.05, 0.1) is 0 Å². The third-order valence-electron chi connectivity index (χ3n) is 3.10. The molecule has 0 heterocycles. The number of hydrogen-bond acceptors (Lipinski definition) is 4. The predicted molar refractivity (Wildman–Crippen MR) is 83.7 cm³/mol. The Morgan fingerprint density at radius 2 is 1.87 bits per heavy atom. The molecule has 1 atom stereocenters. The molecule has 0 fully saturated rings. The lowest BCUT2D eigenvalue weighted by molar-refractivity contribution is -0.139. The number of ether oxygens (including phenoxy) is 1. The average molecular weight is 322 g/mol. The van der Waals surface area contributed by atoms with E-state index < -0.39 is 18.1 Å². The summed E-state index contributed by atoms with van der Waals surface area (Å²) >= 11 is 0. The summed E-state index contributed by atoms with van der Waals surface area (Å²) in [5.41, 5.74) is 0.824. The topological polar surface area (TPSA) is 105 Å². The van der Waals surface area contributed by atoms with Gasteiger partial charge < -0.3 is 20.5 Å². The first kappa shape index (κ1) is 18.5. The first-order chi connectivity index (χ1) is 11.0. The van der Waals surface area contributed by atoms with Crippen LogP contribution < -0.4 is 10.6 Å². The van der Waals surface area contributed by atoms with E-state index in [4.69, 9.17) is 9.84 Å². The minimum absolute atomic E-state index is 0.0849. The molecular formula is C16H22N2O5. The van der Waals surface area contributed by atoms with E-state index in [0.717, 1.165) is 5.56 Å². The third-order valence-corrected chi connectivity index (χ3v) is 3.10. The minimum atomic E-state index is -1.11. The maximum Gasteiger partial charge on any atom is 0.408 e. The number of hydrogen-bond donors (Lipinski definition) is 3. The molecule has 0 unspecified atom stereocenters. The Kier molecular flexibility index (Phi) is 8.20. The summed E-state index contributed by atoms with van der Waals surface area (Å²) in [4.78, 5) is 33.5. The summed E-state index contributed by atoms with van der Waals surface area (Å²) < 4.78 is 5.00. The predicted octanol–water partition coefficient (Wildman–Crippen LogP) is 1.67. The van der Waals surface area contributed by atoms with Crippen molar-refractivity contribution < 1.29 is 24.2 Å². The van der Waals surface area contributed by atoms with Gasteiger partial charge in [0.25, 0.3) is 0 Å². The molecule has 0 saturated heterocycles. The molecule has 23 heavy (non-hydrogen) atoms. The number of benzene rings is 1. The maximum absolute atomic E-state index is 11.7. The second kappa shape index (κ2) is 10.2. The van der Waals surface area contributed by atoms with Crippen molar-refractivity contribution in [3.63, 3.8) is 0 Å². The summed E-state index contributed by atoms with van der Waals surface area (Å²) in [5, 5.41) is 14.1. The Balaban J connectivity index is 2.29. The Morgan fingerprint density at radius 1 is 1.17 bits per heavy atom. The lowest BCUT2D eigenvalue weighted by Gasteiger charge is -2.14. The standard InChI is InChI=1S/C16H22N2O5/c1-12(19)17-10-6-5-9-14(15(20)21)18-16(22)23-11-13-7-3-2-4-8-13/h2-4,7-8,14H,5-6,9-11H2,1H3,(H,17,19)(H,18,22)(H,20,21)/t14-/m1/s1. The zero-order valence-corrected chi connectivity index (χ0v) is 13.1. The fourth-order valence-electron chi connectivity index (χ4n) is 1.90. The molecule has 7 nitrogen and oxygen atoms in total. The Morgan fingerprint density at radius 3 is 2.48 bits per heavy atom. The molecule has 1 rings (SSSR count). The largest absolute Gasteiger partial charge is 0.480 e. The molecule has 0 aliphatic rings. The number of carboxylic acids is 1. The van der Waals surface area contributed by atoms with E-state index in [2.05, 4.69) is 10.6 Å². The van der Waals surface area contributed by atoms with Crippen molar-refractivity contribution >= 4 is 18.0 Å². The molecule has 0 saturated carbocycles. The number of carboxylic acid groups (broad SMARTS) is 1. The van der Waals surface area contributed by atoms with Crippen LogP contribution in [-0.2, 0) is 20.9 Å². The van der Waals surface area contributed by atoms with E-state index in [1.165, 1.54) is 6.92 Å². The first-order valence-electron chi connectivity index (χ1n) is 7.43. The molecule has 0 aliphatic carbocycles. The van der Waals surface area contributed by atoms with Gasteiger partial charge in [-0.25, -0.2) is 9.59 Å². The number of alkyl carbamates (subject to hydrolysis) is 1. The number of carbonyl (C=O) groups is 3. The summed E-state index contributed by atoms with van der Waals surface area (Å²) in [7, 11) is 0. The quantitative estimate of drug-likeness (QED) is 0.600. The van der Waals surface area contributed by atoms with Crippen LogP contribution in [0.15, 0.2) is 30.3 Å². The van der Waals surface area contributed by atoms with Crippen LogP contribution in [-0.4, -0.2) is 35.7 Å². The highest BCUT2D eigenvalue weighted by Crippen LogP contribution is 2.04. The molecule has 0 radical (unpaired) electrons. The fraction of sp³-hybridized carbons (Fsp3) is 0.438. The van der Waals surface area contributed by atoms with Gasteiger partial charge in [0.15, 0.2) is 0 Å². The molecule has 0 aliphatic heterocycles. The van der Waals surface area contributed by atoms with Crippen molar-refractivity contribution in [2.75, 3.05) is 6.54 Å². The Labute approximate surface area is 135 Å². The van der Waals surface area contributed by atoms with E-state index in [-0.39, 0.29) is 18.9 Å². The Hall–Kier alpha value is -2.57.